The average Bonchev–Trinajstić information content (AvgIpc) is 2.45. The monoisotopic (exact) mass is 329 g/mol. The van der Waals surface area contributed by atoms with Crippen molar-refractivity contribution in [1.29, 1.82) is 0 Å². The molecule has 0 aliphatic heterocycles. The second kappa shape index (κ2) is 6.19. The van der Waals surface area contributed by atoms with Crippen molar-refractivity contribution in [2.45, 2.75) is 0 Å². The van der Waals surface area contributed by atoms with E-state index >= 15 is 0 Å². The van der Waals surface area contributed by atoms with Crippen LogP contribution in [-0.2, 0) is 4.46 Å². The van der Waals surface area contributed by atoms with Crippen LogP contribution >= 0.6 is 11.6 Å². The molecule has 1 amide bonds. The largest absolute Gasteiger partial charge is 0.386 e. The summed E-state index contributed by atoms with van der Waals surface area (Å²) in [5, 5.41) is 2.78. The highest BCUT2D eigenvalue weighted by atomic mass is 35.5. The fourth-order valence-corrected chi connectivity index (χ4v) is 2.31. The van der Waals surface area contributed by atoms with Crippen LogP contribution in [0.5, 0.6) is 0 Å². The molecule has 21 heavy (non-hydrogen) atoms. The Balaban J connectivity index is 2.28. The van der Waals surface area contributed by atoms with E-state index in [0.717, 1.165) is 0 Å². The third-order valence-electron chi connectivity index (χ3n) is 2.63. The van der Waals surface area contributed by atoms with Gasteiger partial charge >= 0.3 is 0 Å². The van der Waals surface area contributed by atoms with E-state index in [1.54, 1.807) is 0 Å². The number of hydrogen-bond donors (Lipinski definition) is 1. The Morgan fingerprint density at radius 3 is 2.29 bits per heavy atom. The highest BCUT2D eigenvalue weighted by Crippen LogP contribution is 2.18. The summed E-state index contributed by atoms with van der Waals surface area (Å²) >= 11 is 5.77. The van der Waals surface area contributed by atoms with Gasteiger partial charge < -0.3 is 9.78 Å². The Kier molecular flexibility index (Phi) is 4.54. The quantitative estimate of drug-likeness (QED) is 0.694. The molecule has 0 heterocycles. The van der Waals surface area contributed by atoms with Crippen LogP contribution in [0.1, 0.15) is 10.4 Å². The van der Waals surface area contributed by atoms with Gasteiger partial charge in [-0.25, -0.2) is 13.2 Å². The van der Waals surface area contributed by atoms with Crippen molar-refractivity contribution in [1.82, 2.24) is 0 Å². The number of amides is 1. The van der Waals surface area contributed by atoms with E-state index in [4.69, 9.17) is 11.6 Å². The van der Waals surface area contributed by atoms with Gasteiger partial charge in [0.2, 0.25) is 0 Å². The number of carbonyl (C=O) groups is 1. The first-order valence-electron chi connectivity index (χ1n) is 5.63. The molecule has 0 fully saturated rings. The molecule has 2 aromatic carbocycles. The third-order valence-corrected chi connectivity index (χ3v) is 3.89. The van der Waals surface area contributed by atoms with Crippen LogP contribution in [0.15, 0.2) is 30.3 Å². The van der Waals surface area contributed by atoms with Gasteiger partial charge in [-0.1, -0.05) is 11.6 Å². The predicted octanol–water partition coefficient (Wildman–Crippen LogP) is 2.42. The van der Waals surface area contributed by atoms with E-state index in [9.17, 15) is 22.4 Å². The van der Waals surface area contributed by atoms with Crippen LogP contribution in [0, 0.1) is 17.5 Å². The Labute approximate surface area is 124 Å². The number of rotatable bonds is 3. The molecule has 0 spiro atoms. The van der Waals surface area contributed by atoms with Crippen LogP contribution in [0.3, 0.4) is 0 Å². The lowest BCUT2D eigenvalue weighted by Crippen LogP contribution is -2.17. The molecule has 3 nitrogen and oxygen atoms in total. The van der Waals surface area contributed by atoms with Gasteiger partial charge in [0.25, 0.3) is 15.3 Å². The van der Waals surface area contributed by atoms with E-state index in [-0.39, 0.29) is 16.3 Å². The van der Waals surface area contributed by atoms with Crippen LogP contribution in [-0.4, -0.2) is 15.3 Å². The molecule has 2 rings (SSSR count). The zero-order valence-electron chi connectivity index (χ0n) is 10.3. The summed E-state index contributed by atoms with van der Waals surface area (Å²) in [6.07, 6.45) is 0. The Morgan fingerprint density at radius 2 is 1.71 bits per heavy atom. The standard InChI is InChI=1S/C13H7ClF3NO2Si/c14-8-2-1-6(3-11(8)21-20)13(19)18-7-4-9(15)12(17)10(16)5-7/h1-5,21H,(H,18,19). The summed E-state index contributed by atoms with van der Waals surface area (Å²) < 4.78 is 49.8. The lowest BCUT2D eigenvalue weighted by molar-refractivity contribution is 0.102. The first-order valence-corrected chi connectivity index (χ1v) is 7.05. The first kappa shape index (κ1) is 15.4. The fourth-order valence-electron chi connectivity index (χ4n) is 1.61. The highest BCUT2D eigenvalue weighted by molar-refractivity contribution is 6.48. The predicted molar refractivity (Wildman–Crippen MR) is 73.2 cm³/mol. The van der Waals surface area contributed by atoms with E-state index in [1.165, 1.54) is 18.2 Å². The van der Waals surface area contributed by atoms with Gasteiger partial charge in [-0.15, -0.1) is 0 Å². The topological polar surface area (TPSA) is 46.2 Å². The minimum Gasteiger partial charge on any atom is -0.386 e. The second-order valence-electron chi connectivity index (χ2n) is 4.06. The average molecular weight is 330 g/mol. The van der Waals surface area contributed by atoms with Crippen molar-refractivity contribution in [2.24, 2.45) is 0 Å². The van der Waals surface area contributed by atoms with Crippen molar-refractivity contribution in [3.8, 4) is 0 Å². The molecule has 0 radical (unpaired) electrons. The number of anilines is 1. The van der Waals surface area contributed by atoms with Crippen molar-refractivity contribution in [3.05, 3.63) is 58.4 Å². The van der Waals surface area contributed by atoms with Crippen LogP contribution in [0.2, 0.25) is 5.02 Å². The number of benzene rings is 2. The first-order chi connectivity index (χ1) is 9.92. The number of hydrogen-bond acceptors (Lipinski definition) is 2. The highest BCUT2D eigenvalue weighted by Gasteiger charge is 2.14. The molecule has 0 unspecified atom stereocenters. The third kappa shape index (κ3) is 3.37. The van der Waals surface area contributed by atoms with Crippen molar-refractivity contribution in [3.63, 3.8) is 0 Å². The SMILES string of the molecule is O=[SiH]c1cc(C(=O)Nc2cc(F)c(F)c(F)c2)ccc1Cl. The lowest BCUT2D eigenvalue weighted by Gasteiger charge is -2.07. The van der Waals surface area contributed by atoms with Crippen molar-refractivity contribution < 1.29 is 22.4 Å². The molecule has 0 saturated heterocycles. The molecule has 1 N–H and O–H groups in total. The number of halogens is 4. The van der Waals surface area contributed by atoms with Crippen LogP contribution in [0.4, 0.5) is 18.9 Å². The maximum atomic E-state index is 13.0. The zero-order chi connectivity index (χ0) is 15.6. The molecular formula is C13H7ClF3NO2Si. The van der Waals surface area contributed by atoms with E-state index in [1.807, 2.05) is 0 Å². The van der Waals surface area contributed by atoms with Gasteiger partial charge in [0.1, 0.15) is 0 Å². The molecule has 0 aliphatic rings. The lowest BCUT2D eigenvalue weighted by atomic mass is 10.2. The van der Waals surface area contributed by atoms with E-state index in [0.29, 0.717) is 17.3 Å². The molecule has 0 aliphatic carbocycles. The van der Waals surface area contributed by atoms with E-state index in [2.05, 4.69) is 5.32 Å². The minimum absolute atomic E-state index is 0.114. The summed E-state index contributed by atoms with van der Waals surface area (Å²) in [4.78, 5) is 11.9. The maximum Gasteiger partial charge on any atom is 0.297 e. The molecule has 108 valence electrons. The molecule has 0 saturated carbocycles. The molecule has 0 bridgehead atoms. The number of nitrogens with one attached hydrogen (secondary N) is 1. The zero-order valence-corrected chi connectivity index (χ0v) is 12.2. The molecular weight excluding hydrogens is 323 g/mol. The van der Waals surface area contributed by atoms with Crippen LogP contribution < -0.4 is 10.5 Å². The molecule has 0 atom stereocenters. The summed E-state index contributed by atoms with van der Waals surface area (Å²) in [5.74, 6) is -5.12. The van der Waals surface area contributed by atoms with Gasteiger partial charge in [0, 0.05) is 33.6 Å². The Morgan fingerprint density at radius 1 is 1.10 bits per heavy atom. The van der Waals surface area contributed by atoms with Gasteiger partial charge in [-0.2, -0.15) is 0 Å². The normalized spacial score (nSPS) is 10.3. The van der Waals surface area contributed by atoms with Gasteiger partial charge in [0.05, 0.1) is 0 Å². The Hall–Kier alpha value is -1.99. The van der Waals surface area contributed by atoms with Crippen LogP contribution in [0.25, 0.3) is 0 Å². The molecule has 0 aromatic heterocycles. The van der Waals surface area contributed by atoms with Gasteiger partial charge in [-0.05, 0) is 18.2 Å². The molecule has 2 aromatic rings. The maximum absolute atomic E-state index is 13.0. The summed E-state index contributed by atoms with van der Waals surface area (Å²) in [7, 11) is -1.33. The summed E-state index contributed by atoms with van der Waals surface area (Å²) in [5.41, 5.74) is -0.120. The van der Waals surface area contributed by atoms with Gasteiger partial charge in [-0.3, -0.25) is 4.79 Å². The van der Waals surface area contributed by atoms with Crippen molar-refractivity contribution in [2.75, 3.05) is 5.32 Å². The van der Waals surface area contributed by atoms with Gasteiger partial charge in [0.15, 0.2) is 17.5 Å². The smallest absolute Gasteiger partial charge is 0.297 e. The fraction of sp³-hybridized carbons (Fsp3) is 0. The number of carbonyl (C=O) groups excluding carboxylic acids is 1. The van der Waals surface area contributed by atoms with E-state index < -0.39 is 32.8 Å². The van der Waals surface area contributed by atoms with Crippen molar-refractivity contribution >= 4 is 37.8 Å². The Bertz CT molecular complexity index is 716. The molecule has 8 heteroatoms. The summed E-state index contributed by atoms with van der Waals surface area (Å²) in [6, 6.07) is 5.39. The second-order valence-corrected chi connectivity index (χ2v) is 5.33. The summed E-state index contributed by atoms with van der Waals surface area (Å²) in [6.45, 7) is 0. The minimum atomic E-state index is -1.61.